The Hall–Kier alpha value is -2.18. The van der Waals surface area contributed by atoms with Crippen LogP contribution in [0.5, 0.6) is 0 Å². The summed E-state index contributed by atoms with van der Waals surface area (Å²) in [5.41, 5.74) is 2.51. The summed E-state index contributed by atoms with van der Waals surface area (Å²) in [5, 5.41) is 9.42. The molecule has 0 radical (unpaired) electrons. The molecule has 1 aromatic carbocycles. The summed E-state index contributed by atoms with van der Waals surface area (Å²) in [6.45, 7) is 7.15. The predicted molar refractivity (Wildman–Crippen MR) is 110 cm³/mol. The lowest BCUT2D eigenvalue weighted by Gasteiger charge is -2.15. The summed E-state index contributed by atoms with van der Waals surface area (Å²) in [6.07, 6.45) is 1.07. The van der Waals surface area contributed by atoms with Crippen LogP contribution in [0.4, 0.5) is 0 Å². The molecule has 2 aromatic rings. The van der Waals surface area contributed by atoms with Gasteiger partial charge in [-0.25, -0.2) is 0 Å². The normalized spacial score (nSPS) is 12.0. The number of benzene rings is 1. The van der Waals surface area contributed by atoms with Gasteiger partial charge in [-0.05, 0) is 36.3 Å². The number of carbonyl (C=O) groups is 2. The second kappa shape index (κ2) is 10.8. The van der Waals surface area contributed by atoms with Crippen LogP contribution in [-0.4, -0.2) is 31.4 Å². The van der Waals surface area contributed by atoms with Crippen molar-refractivity contribution in [1.82, 2.24) is 10.6 Å². The molecule has 0 saturated carbocycles. The fourth-order valence-electron chi connectivity index (χ4n) is 2.95. The fraction of sp³-hybridized carbons (Fsp3) is 0.429. The molecule has 0 saturated heterocycles. The number of thiophene rings is 1. The van der Waals surface area contributed by atoms with Gasteiger partial charge in [-0.1, -0.05) is 44.2 Å². The van der Waals surface area contributed by atoms with E-state index in [1.165, 1.54) is 16.0 Å². The lowest BCUT2D eigenvalue weighted by atomic mass is 9.99. The SMILES string of the molecule is CCNC(=O)CNC(=O)C[NH2+][C@H](c1ccc(CC(C)C)cc1)c1cccs1. The van der Waals surface area contributed by atoms with Crippen molar-refractivity contribution < 1.29 is 14.9 Å². The molecular weight excluding hydrogens is 358 g/mol. The Labute approximate surface area is 165 Å². The first-order valence-corrected chi connectivity index (χ1v) is 10.4. The van der Waals surface area contributed by atoms with Crippen molar-refractivity contribution >= 4 is 23.2 Å². The molecule has 0 aliphatic heterocycles. The Bertz CT molecular complexity index is 712. The number of quaternary nitrogens is 1. The minimum atomic E-state index is -0.165. The van der Waals surface area contributed by atoms with Crippen molar-refractivity contribution in [3.8, 4) is 0 Å². The molecule has 27 heavy (non-hydrogen) atoms. The van der Waals surface area contributed by atoms with Gasteiger partial charge in [-0.15, -0.1) is 11.3 Å². The molecule has 5 nitrogen and oxygen atoms in total. The first-order chi connectivity index (χ1) is 13.0. The first-order valence-electron chi connectivity index (χ1n) is 9.48. The highest BCUT2D eigenvalue weighted by molar-refractivity contribution is 7.10. The standard InChI is InChI=1S/C21H29N3O2S/c1-4-22-19(25)13-23-20(26)14-24-21(18-6-5-11-27-18)17-9-7-16(8-10-17)12-15(2)3/h5-11,15,21,24H,4,12-14H2,1-3H3,(H,22,25)(H,23,26)/p+1/t21-/m1/s1. The average Bonchev–Trinajstić information content (AvgIpc) is 3.15. The van der Waals surface area contributed by atoms with Crippen LogP contribution in [0.3, 0.4) is 0 Å². The zero-order valence-corrected chi connectivity index (χ0v) is 17.1. The Morgan fingerprint density at radius 2 is 1.81 bits per heavy atom. The van der Waals surface area contributed by atoms with Crippen molar-refractivity contribution in [2.75, 3.05) is 19.6 Å². The van der Waals surface area contributed by atoms with Gasteiger partial charge in [0.25, 0.3) is 5.91 Å². The highest BCUT2D eigenvalue weighted by Gasteiger charge is 2.20. The molecule has 6 heteroatoms. The van der Waals surface area contributed by atoms with E-state index in [-0.39, 0.29) is 30.9 Å². The van der Waals surface area contributed by atoms with E-state index in [9.17, 15) is 9.59 Å². The number of likely N-dealkylation sites (N-methyl/N-ethyl adjacent to an activating group) is 1. The number of hydrogen-bond donors (Lipinski definition) is 3. The maximum Gasteiger partial charge on any atom is 0.275 e. The van der Waals surface area contributed by atoms with E-state index in [1.807, 2.05) is 18.3 Å². The van der Waals surface area contributed by atoms with Crippen LogP contribution in [0, 0.1) is 5.92 Å². The van der Waals surface area contributed by atoms with E-state index < -0.39 is 0 Å². The minimum Gasteiger partial charge on any atom is -0.355 e. The summed E-state index contributed by atoms with van der Waals surface area (Å²) >= 11 is 1.69. The van der Waals surface area contributed by atoms with Gasteiger partial charge in [0.15, 0.2) is 6.54 Å². The summed E-state index contributed by atoms with van der Waals surface area (Å²) in [5.74, 6) is 0.324. The molecule has 0 aliphatic rings. The van der Waals surface area contributed by atoms with Gasteiger partial charge in [0, 0.05) is 12.1 Å². The summed E-state index contributed by atoms with van der Waals surface area (Å²) < 4.78 is 0. The Morgan fingerprint density at radius 3 is 2.41 bits per heavy atom. The molecule has 146 valence electrons. The molecule has 0 unspecified atom stereocenters. The molecule has 4 N–H and O–H groups in total. The largest absolute Gasteiger partial charge is 0.355 e. The quantitative estimate of drug-likeness (QED) is 0.581. The van der Waals surface area contributed by atoms with Gasteiger partial charge in [0.2, 0.25) is 5.91 Å². The summed E-state index contributed by atoms with van der Waals surface area (Å²) in [6, 6.07) is 12.9. The number of carbonyl (C=O) groups excluding carboxylic acids is 2. The number of amides is 2. The van der Waals surface area contributed by atoms with Gasteiger partial charge in [-0.3, -0.25) is 9.59 Å². The lowest BCUT2D eigenvalue weighted by molar-refractivity contribution is -0.676. The minimum absolute atomic E-state index is 0.0219. The summed E-state index contributed by atoms with van der Waals surface area (Å²) in [4.78, 5) is 24.8. The van der Waals surface area contributed by atoms with E-state index in [1.54, 1.807) is 11.3 Å². The number of hydrogen-bond acceptors (Lipinski definition) is 3. The second-order valence-corrected chi connectivity index (χ2v) is 7.98. The highest BCUT2D eigenvalue weighted by Crippen LogP contribution is 2.23. The van der Waals surface area contributed by atoms with E-state index in [2.05, 4.69) is 60.2 Å². The van der Waals surface area contributed by atoms with Crippen LogP contribution in [0.25, 0.3) is 0 Å². The topological polar surface area (TPSA) is 74.8 Å². The van der Waals surface area contributed by atoms with Gasteiger partial charge in [-0.2, -0.15) is 0 Å². The molecule has 0 bridgehead atoms. The third-order valence-corrected chi connectivity index (χ3v) is 5.15. The van der Waals surface area contributed by atoms with Gasteiger partial charge in [0.1, 0.15) is 6.04 Å². The Kier molecular flexibility index (Phi) is 8.48. The molecule has 0 fully saturated rings. The lowest BCUT2D eigenvalue weighted by Crippen LogP contribution is -2.87. The number of rotatable bonds is 10. The molecule has 1 heterocycles. The van der Waals surface area contributed by atoms with Gasteiger partial charge >= 0.3 is 0 Å². The Balaban J connectivity index is 1.99. The van der Waals surface area contributed by atoms with E-state index >= 15 is 0 Å². The maximum absolute atomic E-state index is 12.1. The zero-order valence-electron chi connectivity index (χ0n) is 16.3. The van der Waals surface area contributed by atoms with Gasteiger partial charge < -0.3 is 16.0 Å². The maximum atomic E-state index is 12.1. The Morgan fingerprint density at radius 1 is 1.07 bits per heavy atom. The smallest absolute Gasteiger partial charge is 0.275 e. The fourth-order valence-corrected chi connectivity index (χ4v) is 3.80. The van der Waals surface area contributed by atoms with Crippen molar-refractivity contribution in [3.05, 3.63) is 57.8 Å². The van der Waals surface area contributed by atoms with Crippen molar-refractivity contribution in [2.24, 2.45) is 5.92 Å². The highest BCUT2D eigenvalue weighted by atomic mass is 32.1. The molecule has 0 spiro atoms. The molecule has 2 rings (SSSR count). The molecule has 0 aliphatic carbocycles. The number of nitrogens with two attached hydrogens (primary N) is 1. The average molecular weight is 389 g/mol. The third-order valence-electron chi connectivity index (χ3n) is 4.19. The van der Waals surface area contributed by atoms with E-state index in [0.29, 0.717) is 12.5 Å². The molecular formula is C21H30N3O2S+. The predicted octanol–water partition coefficient (Wildman–Crippen LogP) is 1.85. The summed E-state index contributed by atoms with van der Waals surface area (Å²) in [7, 11) is 0. The zero-order chi connectivity index (χ0) is 19.6. The van der Waals surface area contributed by atoms with Crippen molar-refractivity contribution in [1.29, 1.82) is 0 Å². The van der Waals surface area contributed by atoms with Crippen LogP contribution in [0.1, 0.15) is 42.8 Å². The van der Waals surface area contributed by atoms with Crippen molar-refractivity contribution in [3.63, 3.8) is 0 Å². The van der Waals surface area contributed by atoms with Gasteiger partial charge in [0.05, 0.1) is 11.4 Å². The second-order valence-electron chi connectivity index (χ2n) is 7.00. The molecule has 2 amide bonds. The number of nitrogens with one attached hydrogen (secondary N) is 2. The van der Waals surface area contributed by atoms with E-state index in [4.69, 9.17) is 0 Å². The first kappa shape index (κ1) is 21.1. The van der Waals surface area contributed by atoms with Crippen molar-refractivity contribution in [2.45, 2.75) is 33.2 Å². The van der Waals surface area contributed by atoms with Crippen LogP contribution in [0.2, 0.25) is 0 Å². The third kappa shape index (κ3) is 7.15. The molecule has 1 atom stereocenters. The van der Waals surface area contributed by atoms with Crippen LogP contribution < -0.4 is 16.0 Å². The van der Waals surface area contributed by atoms with Crippen LogP contribution >= 0.6 is 11.3 Å². The van der Waals surface area contributed by atoms with Crippen LogP contribution in [0.15, 0.2) is 41.8 Å². The van der Waals surface area contributed by atoms with E-state index in [0.717, 1.165) is 6.42 Å². The monoisotopic (exact) mass is 388 g/mol. The van der Waals surface area contributed by atoms with Crippen LogP contribution in [-0.2, 0) is 16.0 Å². The molecule has 1 aromatic heterocycles.